The third-order valence-corrected chi connectivity index (χ3v) is 6.20. The molecule has 3 aromatic rings. The van der Waals surface area contributed by atoms with Gasteiger partial charge in [0.15, 0.2) is 16.7 Å². The molecule has 1 aliphatic heterocycles. The molecule has 3 aromatic carbocycles. The number of benzene rings is 3. The second-order valence-electron chi connectivity index (χ2n) is 6.94. The first-order valence-electron chi connectivity index (χ1n) is 10.1. The fraction of sp³-hybridized carbons (Fsp3) is 0.120. The summed E-state index contributed by atoms with van der Waals surface area (Å²) in [6, 6.07) is 19.8. The van der Waals surface area contributed by atoms with Crippen molar-refractivity contribution in [1.82, 2.24) is 0 Å². The lowest BCUT2D eigenvalue weighted by Gasteiger charge is -2.15. The number of amides is 1. The number of anilines is 1. The van der Waals surface area contributed by atoms with Gasteiger partial charge in [0.25, 0.3) is 5.91 Å². The molecule has 5 nitrogen and oxygen atoms in total. The highest BCUT2D eigenvalue weighted by Gasteiger charge is 2.34. The zero-order valence-corrected chi connectivity index (χ0v) is 20.2. The monoisotopic (exact) mass is 498 g/mol. The SMILES string of the molecule is CCOc1ccc(/C=C2\SC(=Nc3ccc(Cl)cc3)N(c3ccc(Cl)cc3)C2=O)cc1OC. The van der Waals surface area contributed by atoms with E-state index in [4.69, 9.17) is 37.7 Å². The predicted octanol–water partition coefficient (Wildman–Crippen LogP) is 7.21. The van der Waals surface area contributed by atoms with Crippen LogP contribution in [0, 0.1) is 0 Å². The molecule has 1 heterocycles. The number of hydrogen-bond donors (Lipinski definition) is 0. The molecule has 0 saturated carbocycles. The highest BCUT2D eigenvalue weighted by Crippen LogP contribution is 2.38. The standard InChI is InChI=1S/C25H20Cl2N2O3S/c1-3-32-21-13-4-16(14-22(21)31-2)15-23-24(30)29(20-11-7-18(27)8-12-20)25(33-23)28-19-9-5-17(26)6-10-19/h4-15H,3H2,1-2H3/b23-15-,28-25?. The molecule has 0 spiro atoms. The number of hydrogen-bond acceptors (Lipinski definition) is 5. The first-order chi connectivity index (χ1) is 16.0. The van der Waals surface area contributed by atoms with Crippen molar-refractivity contribution in [2.45, 2.75) is 6.92 Å². The molecular formula is C25H20Cl2N2O3S. The summed E-state index contributed by atoms with van der Waals surface area (Å²) in [6.45, 7) is 2.45. The maximum absolute atomic E-state index is 13.4. The van der Waals surface area contributed by atoms with Crippen LogP contribution in [0.4, 0.5) is 11.4 Å². The third-order valence-electron chi connectivity index (χ3n) is 4.73. The Morgan fingerprint density at radius 1 is 0.970 bits per heavy atom. The summed E-state index contributed by atoms with van der Waals surface area (Å²) in [5, 5.41) is 1.74. The van der Waals surface area contributed by atoms with Gasteiger partial charge in [0.2, 0.25) is 0 Å². The van der Waals surface area contributed by atoms with Crippen LogP contribution in [0.3, 0.4) is 0 Å². The Kier molecular flexibility index (Phi) is 7.28. The van der Waals surface area contributed by atoms with E-state index in [1.807, 2.05) is 31.2 Å². The van der Waals surface area contributed by atoms with Crippen LogP contribution in [0.1, 0.15) is 12.5 Å². The van der Waals surface area contributed by atoms with Gasteiger partial charge in [-0.15, -0.1) is 0 Å². The van der Waals surface area contributed by atoms with Crippen LogP contribution in [0.5, 0.6) is 11.5 Å². The number of halogens is 2. The quantitative estimate of drug-likeness (QED) is 0.337. The molecule has 0 N–H and O–H groups in total. The van der Waals surface area contributed by atoms with Crippen molar-refractivity contribution >= 4 is 63.5 Å². The molecule has 0 radical (unpaired) electrons. The zero-order chi connectivity index (χ0) is 23.4. The molecule has 1 fully saturated rings. The minimum atomic E-state index is -0.178. The Balaban J connectivity index is 1.74. The number of carbonyl (C=O) groups excluding carboxylic acids is 1. The van der Waals surface area contributed by atoms with Crippen LogP contribution in [-0.2, 0) is 4.79 Å². The second kappa shape index (κ2) is 10.3. The fourth-order valence-electron chi connectivity index (χ4n) is 3.19. The van der Waals surface area contributed by atoms with E-state index in [0.29, 0.717) is 49.6 Å². The zero-order valence-electron chi connectivity index (χ0n) is 17.9. The van der Waals surface area contributed by atoms with Crippen LogP contribution < -0.4 is 14.4 Å². The summed E-state index contributed by atoms with van der Waals surface area (Å²) < 4.78 is 11.0. The summed E-state index contributed by atoms with van der Waals surface area (Å²) in [6.07, 6.45) is 1.82. The Bertz CT molecular complexity index is 1230. The van der Waals surface area contributed by atoms with E-state index in [-0.39, 0.29) is 5.91 Å². The van der Waals surface area contributed by atoms with Gasteiger partial charge in [0.05, 0.1) is 30.0 Å². The van der Waals surface area contributed by atoms with Crippen molar-refractivity contribution in [2.75, 3.05) is 18.6 Å². The van der Waals surface area contributed by atoms with Crippen molar-refractivity contribution in [2.24, 2.45) is 4.99 Å². The largest absolute Gasteiger partial charge is 0.493 e. The van der Waals surface area contributed by atoms with Gasteiger partial charge in [-0.1, -0.05) is 29.3 Å². The molecule has 168 valence electrons. The Hall–Kier alpha value is -2.93. The molecule has 8 heteroatoms. The molecule has 0 aromatic heterocycles. The van der Waals surface area contributed by atoms with Gasteiger partial charge < -0.3 is 9.47 Å². The van der Waals surface area contributed by atoms with Gasteiger partial charge in [0.1, 0.15) is 0 Å². The Labute approximate surface area is 206 Å². The Morgan fingerprint density at radius 3 is 2.27 bits per heavy atom. The number of aliphatic imine (C=N–C) groups is 1. The van der Waals surface area contributed by atoms with Crippen LogP contribution in [0.15, 0.2) is 76.6 Å². The lowest BCUT2D eigenvalue weighted by Crippen LogP contribution is -2.28. The summed E-state index contributed by atoms with van der Waals surface area (Å²) in [5.74, 6) is 1.08. The average molecular weight is 499 g/mol. The van der Waals surface area contributed by atoms with Gasteiger partial charge in [-0.05, 0) is 91.0 Å². The summed E-state index contributed by atoms with van der Waals surface area (Å²) in [4.78, 5) is 20.2. The van der Waals surface area contributed by atoms with Crippen LogP contribution in [-0.4, -0.2) is 24.8 Å². The van der Waals surface area contributed by atoms with E-state index in [1.54, 1.807) is 60.5 Å². The number of thioether (sulfide) groups is 1. The van der Waals surface area contributed by atoms with E-state index in [1.165, 1.54) is 11.8 Å². The fourth-order valence-corrected chi connectivity index (χ4v) is 4.45. The minimum absolute atomic E-state index is 0.178. The lowest BCUT2D eigenvalue weighted by atomic mass is 10.2. The number of ether oxygens (including phenoxy) is 2. The summed E-state index contributed by atoms with van der Waals surface area (Å²) >= 11 is 13.3. The van der Waals surface area contributed by atoms with E-state index < -0.39 is 0 Å². The van der Waals surface area contributed by atoms with Crippen LogP contribution >= 0.6 is 35.0 Å². The number of methoxy groups -OCH3 is 1. The maximum atomic E-state index is 13.4. The topological polar surface area (TPSA) is 51.1 Å². The third kappa shape index (κ3) is 5.36. The summed E-state index contributed by atoms with van der Waals surface area (Å²) in [5.41, 5.74) is 2.19. The molecule has 1 saturated heterocycles. The van der Waals surface area contributed by atoms with Gasteiger partial charge in [-0.2, -0.15) is 0 Å². The molecule has 0 atom stereocenters. The van der Waals surface area contributed by atoms with E-state index in [2.05, 4.69) is 0 Å². The molecule has 33 heavy (non-hydrogen) atoms. The van der Waals surface area contributed by atoms with Crippen molar-refractivity contribution in [3.05, 3.63) is 87.2 Å². The van der Waals surface area contributed by atoms with Crippen molar-refractivity contribution in [1.29, 1.82) is 0 Å². The molecule has 4 rings (SSSR count). The predicted molar refractivity (Wildman–Crippen MR) is 137 cm³/mol. The number of amidine groups is 1. The second-order valence-corrected chi connectivity index (χ2v) is 8.82. The van der Waals surface area contributed by atoms with E-state index in [9.17, 15) is 4.79 Å². The number of rotatable bonds is 6. The maximum Gasteiger partial charge on any atom is 0.271 e. The van der Waals surface area contributed by atoms with Gasteiger partial charge >= 0.3 is 0 Å². The molecular weight excluding hydrogens is 479 g/mol. The highest BCUT2D eigenvalue weighted by atomic mass is 35.5. The molecule has 0 aliphatic carbocycles. The first-order valence-corrected chi connectivity index (χ1v) is 11.7. The first kappa shape index (κ1) is 23.2. The highest BCUT2D eigenvalue weighted by molar-refractivity contribution is 8.19. The number of carbonyl (C=O) groups is 1. The van der Waals surface area contributed by atoms with Crippen LogP contribution in [0.25, 0.3) is 6.08 Å². The van der Waals surface area contributed by atoms with Gasteiger partial charge in [0, 0.05) is 10.0 Å². The normalized spacial score (nSPS) is 16.0. The van der Waals surface area contributed by atoms with Crippen molar-refractivity contribution in [3.8, 4) is 11.5 Å². The molecule has 0 bridgehead atoms. The molecule has 0 unspecified atom stereocenters. The smallest absolute Gasteiger partial charge is 0.271 e. The number of nitrogens with zero attached hydrogens (tertiary/aromatic N) is 2. The van der Waals surface area contributed by atoms with E-state index in [0.717, 1.165) is 5.56 Å². The van der Waals surface area contributed by atoms with Gasteiger partial charge in [-0.25, -0.2) is 4.99 Å². The van der Waals surface area contributed by atoms with Crippen molar-refractivity contribution < 1.29 is 14.3 Å². The average Bonchev–Trinajstić information content (AvgIpc) is 3.11. The summed E-state index contributed by atoms with van der Waals surface area (Å²) in [7, 11) is 1.59. The lowest BCUT2D eigenvalue weighted by molar-refractivity contribution is -0.113. The van der Waals surface area contributed by atoms with Crippen molar-refractivity contribution in [3.63, 3.8) is 0 Å². The minimum Gasteiger partial charge on any atom is -0.493 e. The Morgan fingerprint density at radius 2 is 1.64 bits per heavy atom. The van der Waals surface area contributed by atoms with E-state index >= 15 is 0 Å². The van der Waals surface area contributed by atoms with Gasteiger partial charge in [-0.3, -0.25) is 9.69 Å². The molecule has 1 amide bonds. The van der Waals surface area contributed by atoms with Crippen LogP contribution in [0.2, 0.25) is 10.0 Å². The molecule has 1 aliphatic rings.